The fraction of sp³-hybridized carbons (Fsp3) is 0.333. The van der Waals surface area contributed by atoms with E-state index in [0.29, 0.717) is 27.8 Å². The summed E-state index contributed by atoms with van der Waals surface area (Å²) in [5, 5.41) is 21.8. The molecule has 0 unspecified atom stereocenters. The highest BCUT2D eigenvalue weighted by Gasteiger charge is 2.33. The van der Waals surface area contributed by atoms with E-state index in [0.717, 1.165) is 18.4 Å². The Labute approximate surface area is 205 Å². The Hall–Kier alpha value is -3.03. The van der Waals surface area contributed by atoms with Crippen molar-refractivity contribution in [2.24, 2.45) is 4.99 Å². The number of hydrogen-bond donors (Lipinski definition) is 2. The van der Waals surface area contributed by atoms with Crippen molar-refractivity contribution < 1.29 is 24.5 Å². The van der Waals surface area contributed by atoms with Crippen LogP contribution in [0.3, 0.4) is 0 Å². The number of carbonyl (C=O) groups excluding carboxylic acids is 1. The van der Waals surface area contributed by atoms with Gasteiger partial charge in [-0.05, 0) is 63.1 Å². The second-order valence-electron chi connectivity index (χ2n) is 8.30. The van der Waals surface area contributed by atoms with Gasteiger partial charge in [0.15, 0.2) is 0 Å². The highest BCUT2D eigenvalue weighted by molar-refractivity contribution is 8.18. The largest absolute Gasteiger partial charge is 0.508 e. The molecule has 0 fully saturated rings. The first-order valence-electron chi connectivity index (χ1n) is 11.4. The summed E-state index contributed by atoms with van der Waals surface area (Å²) in [7, 11) is 0. The third-order valence-corrected chi connectivity index (χ3v) is 6.30. The number of rotatable bonds is 9. The fourth-order valence-corrected chi connectivity index (χ4v) is 4.47. The van der Waals surface area contributed by atoms with Gasteiger partial charge >= 0.3 is 5.97 Å². The van der Waals surface area contributed by atoms with Crippen LogP contribution in [0, 0.1) is 0 Å². The van der Waals surface area contributed by atoms with Gasteiger partial charge in [-0.15, -0.1) is 0 Å². The maximum Gasteiger partial charge on any atom is 0.344 e. The molecule has 0 saturated carbocycles. The molecule has 2 aromatic rings. The summed E-state index contributed by atoms with van der Waals surface area (Å²) in [6.45, 7) is 8.42. The van der Waals surface area contributed by atoms with Gasteiger partial charge in [0.2, 0.25) is 0 Å². The van der Waals surface area contributed by atoms with Crippen LogP contribution >= 0.6 is 11.8 Å². The van der Waals surface area contributed by atoms with Crippen LogP contribution < -0.4 is 0 Å². The molecule has 0 amide bonds. The summed E-state index contributed by atoms with van der Waals surface area (Å²) in [6, 6.07) is 14.4. The van der Waals surface area contributed by atoms with E-state index in [9.17, 15) is 15.0 Å². The van der Waals surface area contributed by atoms with E-state index < -0.39 is 11.6 Å². The van der Waals surface area contributed by atoms with Gasteiger partial charge in [-0.25, -0.2) is 9.79 Å². The second kappa shape index (κ2) is 11.4. The van der Waals surface area contributed by atoms with Gasteiger partial charge in [0.25, 0.3) is 0 Å². The zero-order valence-corrected chi connectivity index (χ0v) is 20.8. The van der Waals surface area contributed by atoms with Crippen molar-refractivity contribution in [1.29, 1.82) is 0 Å². The van der Waals surface area contributed by atoms with Crippen LogP contribution in [0.2, 0.25) is 0 Å². The van der Waals surface area contributed by atoms with Crippen molar-refractivity contribution in [3.8, 4) is 5.75 Å². The fourth-order valence-electron chi connectivity index (χ4n) is 3.44. The quantitative estimate of drug-likeness (QED) is 0.308. The van der Waals surface area contributed by atoms with Crippen LogP contribution in [0.4, 0.5) is 5.69 Å². The first-order chi connectivity index (χ1) is 16.3. The summed E-state index contributed by atoms with van der Waals surface area (Å²) in [5.41, 5.74) is 1.42. The van der Waals surface area contributed by atoms with E-state index in [4.69, 9.17) is 9.47 Å². The molecule has 2 aromatic carbocycles. The van der Waals surface area contributed by atoms with E-state index in [1.807, 2.05) is 50.2 Å². The lowest BCUT2D eigenvalue weighted by atomic mass is 9.94. The Bertz CT molecular complexity index is 1120. The van der Waals surface area contributed by atoms with Crippen molar-refractivity contribution in [2.45, 2.75) is 46.1 Å². The number of phenolic OH excluding ortho intramolecular Hbond substituents is 1. The molecule has 0 saturated heterocycles. The van der Waals surface area contributed by atoms with Gasteiger partial charge < -0.3 is 19.7 Å². The number of para-hydroxylation sites is 1. The van der Waals surface area contributed by atoms with Crippen LogP contribution in [-0.2, 0) is 19.9 Å². The maximum atomic E-state index is 12.6. The highest BCUT2D eigenvalue weighted by Crippen LogP contribution is 2.41. The van der Waals surface area contributed by atoms with Crippen molar-refractivity contribution >= 4 is 34.5 Å². The van der Waals surface area contributed by atoms with Crippen LogP contribution in [0.1, 0.15) is 51.7 Å². The Morgan fingerprint density at radius 1 is 1.12 bits per heavy atom. The minimum atomic E-state index is -0.690. The lowest BCUT2D eigenvalue weighted by Gasteiger charge is -2.27. The predicted molar refractivity (Wildman–Crippen MR) is 137 cm³/mol. The van der Waals surface area contributed by atoms with Gasteiger partial charge in [-0.3, -0.25) is 0 Å². The smallest absolute Gasteiger partial charge is 0.344 e. The number of thioether (sulfide) groups is 1. The van der Waals surface area contributed by atoms with Gasteiger partial charge in [0.1, 0.15) is 22.1 Å². The number of aliphatic hydroxyl groups excluding tert-OH is 1. The number of benzene rings is 2. The number of aliphatic imine (C=N–C) groups is 1. The van der Waals surface area contributed by atoms with Crippen molar-refractivity contribution in [3.05, 3.63) is 75.9 Å². The third kappa shape index (κ3) is 6.10. The Morgan fingerprint density at radius 3 is 2.53 bits per heavy atom. The number of esters is 1. The molecule has 0 atom stereocenters. The monoisotopic (exact) mass is 481 g/mol. The summed E-state index contributed by atoms with van der Waals surface area (Å²) in [4.78, 5) is 17.6. The molecule has 180 valence electrons. The SMILES string of the molecule is CCCCOC(C)(C)c1cc(/C=C2\SC(=Nc3ccccc3)C(C(=O)OCC)=C2O)ccc1O. The van der Waals surface area contributed by atoms with Crippen molar-refractivity contribution in [2.75, 3.05) is 13.2 Å². The molecular weight excluding hydrogens is 450 g/mol. The van der Waals surface area contributed by atoms with E-state index in [-0.39, 0.29) is 23.7 Å². The summed E-state index contributed by atoms with van der Waals surface area (Å²) in [5.74, 6) is -0.658. The number of aliphatic hydroxyl groups is 1. The van der Waals surface area contributed by atoms with E-state index in [1.54, 1.807) is 25.1 Å². The first kappa shape index (κ1) is 25.6. The number of unbranched alkanes of at least 4 members (excludes halogenated alkanes) is 1. The van der Waals surface area contributed by atoms with E-state index >= 15 is 0 Å². The number of nitrogens with zero attached hydrogens (tertiary/aromatic N) is 1. The van der Waals surface area contributed by atoms with Crippen LogP contribution in [-0.4, -0.2) is 34.4 Å². The standard InChI is InChI=1S/C27H31NO5S/c1-5-7-15-33-27(3,4)20-16-18(13-14-21(20)29)17-22-24(30)23(26(31)32-6-2)25(34-22)28-19-11-9-8-10-12-19/h8-14,16-17,29-30H,5-7,15H2,1-4H3/b22-17-,28-25?. The summed E-state index contributed by atoms with van der Waals surface area (Å²) >= 11 is 1.20. The zero-order valence-electron chi connectivity index (χ0n) is 20.0. The van der Waals surface area contributed by atoms with Crippen molar-refractivity contribution in [3.63, 3.8) is 0 Å². The summed E-state index contributed by atoms with van der Waals surface area (Å²) in [6.07, 6.45) is 3.72. The number of aromatic hydroxyl groups is 1. The molecule has 34 heavy (non-hydrogen) atoms. The number of carbonyl (C=O) groups is 1. The van der Waals surface area contributed by atoms with Crippen LogP contribution in [0.25, 0.3) is 6.08 Å². The molecule has 0 radical (unpaired) electrons. The second-order valence-corrected chi connectivity index (χ2v) is 9.33. The Morgan fingerprint density at radius 2 is 1.85 bits per heavy atom. The normalized spacial score (nSPS) is 16.5. The molecule has 1 aliphatic heterocycles. The molecule has 2 N–H and O–H groups in total. The molecular formula is C27H31NO5S. The lowest BCUT2D eigenvalue weighted by molar-refractivity contribution is -0.138. The molecule has 7 heteroatoms. The maximum absolute atomic E-state index is 12.6. The Balaban J connectivity index is 1.99. The molecule has 0 aromatic heterocycles. The van der Waals surface area contributed by atoms with Crippen LogP contribution in [0.5, 0.6) is 5.75 Å². The minimum Gasteiger partial charge on any atom is -0.508 e. The highest BCUT2D eigenvalue weighted by atomic mass is 32.2. The van der Waals surface area contributed by atoms with Crippen molar-refractivity contribution in [1.82, 2.24) is 0 Å². The lowest BCUT2D eigenvalue weighted by Crippen LogP contribution is -2.22. The molecule has 0 bridgehead atoms. The molecule has 1 heterocycles. The predicted octanol–water partition coefficient (Wildman–Crippen LogP) is 6.64. The molecule has 0 aliphatic carbocycles. The van der Waals surface area contributed by atoms with Gasteiger partial charge in [0.05, 0.1) is 22.8 Å². The van der Waals surface area contributed by atoms with Crippen LogP contribution in [0.15, 0.2) is 69.8 Å². The zero-order chi connectivity index (χ0) is 24.7. The molecule has 6 nitrogen and oxygen atoms in total. The Kier molecular flexibility index (Phi) is 8.58. The number of phenols is 1. The number of hydrogen-bond acceptors (Lipinski definition) is 7. The minimum absolute atomic E-state index is 0.0455. The van der Waals surface area contributed by atoms with Gasteiger partial charge in [-0.1, -0.05) is 49.4 Å². The van der Waals surface area contributed by atoms with E-state index in [1.165, 1.54) is 11.8 Å². The topological polar surface area (TPSA) is 88.4 Å². The first-order valence-corrected chi connectivity index (χ1v) is 12.2. The number of ether oxygens (including phenoxy) is 2. The third-order valence-electron chi connectivity index (χ3n) is 5.28. The molecule has 1 aliphatic rings. The molecule has 3 rings (SSSR count). The van der Waals surface area contributed by atoms with Gasteiger partial charge in [0, 0.05) is 12.2 Å². The average Bonchev–Trinajstić information content (AvgIpc) is 3.10. The van der Waals surface area contributed by atoms with Gasteiger partial charge in [-0.2, -0.15) is 0 Å². The molecule has 0 spiro atoms. The van der Waals surface area contributed by atoms with E-state index in [2.05, 4.69) is 11.9 Å². The summed E-state index contributed by atoms with van der Waals surface area (Å²) < 4.78 is 11.2. The average molecular weight is 482 g/mol.